The summed E-state index contributed by atoms with van der Waals surface area (Å²) in [6.07, 6.45) is 9.36. The summed E-state index contributed by atoms with van der Waals surface area (Å²) in [5, 5.41) is 8.51. The number of thioether (sulfide) groups is 1. The predicted molar refractivity (Wildman–Crippen MR) is 126 cm³/mol. The number of amides is 2. The summed E-state index contributed by atoms with van der Waals surface area (Å²) < 4.78 is 13.4. The maximum absolute atomic E-state index is 13.4. The molecule has 2 N–H and O–H groups in total. The summed E-state index contributed by atoms with van der Waals surface area (Å²) in [5.41, 5.74) is 4.03. The molecule has 2 heterocycles. The molecular formula is C24H32FN5O2S. The molecule has 2 aliphatic carbocycles. The zero-order valence-corrected chi connectivity index (χ0v) is 19.7. The maximum Gasteiger partial charge on any atom is 0.231 e. The van der Waals surface area contributed by atoms with Crippen molar-refractivity contribution in [3.05, 3.63) is 35.6 Å². The van der Waals surface area contributed by atoms with Crippen LogP contribution in [0.5, 0.6) is 0 Å². The lowest BCUT2D eigenvalue weighted by molar-refractivity contribution is -0.156. The van der Waals surface area contributed by atoms with Gasteiger partial charge in [-0.2, -0.15) is 5.10 Å². The Labute approximate surface area is 198 Å². The molecule has 5 rings (SSSR count). The number of amidine groups is 1. The second-order valence-corrected chi connectivity index (χ2v) is 10.5. The van der Waals surface area contributed by atoms with E-state index in [-0.39, 0.29) is 35.9 Å². The van der Waals surface area contributed by atoms with Crippen LogP contribution in [-0.4, -0.2) is 50.9 Å². The highest BCUT2D eigenvalue weighted by Gasteiger charge is 2.51. The van der Waals surface area contributed by atoms with Gasteiger partial charge in [-0.3, -0.25) is 19.9 Å². The average molecular weight is 474 g/mol. The fourth-order valence-corrected chi connectivity index (χ4v) is 6.50. The van der Waals surface area contributed by atoms with Gasteiger partial charge in [-0.05, 0) is 43.4 Å². The minimum Gasteiger partial charge on any atom is -0.353 e. The van der Waals surface area contributed by atoms with Crippen LogP contribution >= 0.6 is 11.8 Å². The van der Waals surface area contributed by atoms with E-state index in [9.17, 15) is 14.0 Å². The first-order chi connectivity index (χ1) is 16.1. The molecule has 1 saturated heterocycles. The summed E-state index contributed by atoms with van der Waals surface area (Å²) in [7, 11) is 0. The van der Waals surface area contributed by atoms with Crippen LogP contribution in [0.1, 0.15) is 63.4 Å². The van der Waals surface area contributed by atoms with E-state index < -0.39 is 0 Å². The summed E-state index contributed by atoms with van der Waals surface area (Å²) >= 11 is 1.45. The van der Waals surface area contributed by atoms with Gasteiger partial charge in [0.2, 0.25) is 11.8 Å². The molecule has 1 aromatic carbocycles. The van der Waals surface area contributed by atoms with Crippen molar-refractivity contribution in [3.63, 3.8) is 0 Å². The van der Waals surface area contributed by atoms with Crippen LogP contribution < -0.4 is 10.7 Å². The van der Waals surface area contributed by atoms with Gasteiger partial charge in [0.25, 0.3) is 0 Å². The molecule has 0 spiro atoms. The molecule has 2 saturated carbocycles. The third-order valence-electron chi connectivity index (χ3n) is 7.31. The van der Waals surface area contributed by atoms with Crippen LogP contribution in [0.3, 0.4) is 0 Å². The summed E-state index contributed by atoms with van der Waals surface area (Å²) in [6, 6.07) is 6.70. The maximum atomic E-state index is 13.4. The fraction of sp³-hybridized carbons (Fsp3) is 0.625. The number of nitrogens with one attached hydrogen (secondary N) is 2. The number of carbonyl (C=O) groups excluding carboxylic acids is 2. The molecule has 7 nitrogen and oxygen atoms in total. The van der Waals surface area contributed by atoms with Gasteiger partial charge < -0.3 is 10.2 Å². The quantitative estimate of drug-likeness (QED) is 0.686. The number of carbonyl (C=O) groups is 2. The van der Waals surface area contributed by atoms with Crippen molar-refractivity contribution in [2.75, 3.05) is 5.75 Å². The summed E-state index contributed by atoms with van der Waals surface area (Å²) in [6.45, 7) is 0.395. The Morgan fingerprint density at radius 2 is 1.82 bits per heavy atom. The van der Waals surface area contributed by atoms with Crippen molar-refractivity contribution in [3.8, 4) is 0 Å². The van der Waals surface area contributed by atoms with E-state index in [1.54, 1.807) is 12.1 Å². The fourth-order valence-electron chi connectivity index (χ4n) is 5.65. The van der Waals surface area contributed by atoms with E-state index in [0.717, 1.165) is 49.3 Å². The van der Waals surface area contributed by atoms with Crippen molar-refractivity contribution in [2.45, 2.75) is 82.7 Å². The van der Waals surface area contributed by atoms with Gasteiger partial charge in [0.15, 0.2) is 11.5 Å². The van der Waals surface area contributed by atoms with Crippen molar-refractivity contribution in [1.82, 2.24) is 20.5 Å². The number of hydrogen-bond donors (Lipinski definition) is 2. The Kier molecular flexibility index (Phi) is 6.76. The lowest BCUT2D eigenvalue weighted by atomic mass is 9.81. The molecule has 9 heteroatoms. The number of hydrazone groups is 1. The molecule has 4 aliphatic rings. The van der Waals surface area contributed by atoms with Gasteiger partial charge in [0.05, 0.1) is 11.7 Å². The lowest BCUT2D eigenvalue weighted by Crippen LogP contribution is -2.66. The number of fused-ring (bicyclic) bond motifs is 3. The van der Waals surface area contributed by atoms with E-state index in [2.05, 4.69) is 20.7 Å². The average Bonchev–Trinajstić information content (AvgIpc) is 3.26. The molecule has 2 aliphatic heterocycles. The van der Waals surface area contributed by atoms with Crippen LogP contribution in [0.15, 0.2) is 29.4 Å². The van der Waals surface area contributed by atoms with Gasteiger partial charge in [-0.15, -0.1) is 0 Å². The molecule has 178 valence electrons. The first-order valence-corrected chi connectivity index (χ1v) is 13.2. The normalized spacial score (nSPS) is 27.5. The predicted octanol–water partition coefficient (Wildman–Crippen LogP) is 3.37. The van der Waals surface area contributed by atoms with Gasteiger partial charge in [0.1, 0.15) is 5.82 Å². The standard InChI is InChI=1S/C24H32FN5O2S/c25-17-12-10-16(11-13-17)14-29-22(32)19-8-4-5-9-20(19)30-23(29)27-28-24(30)33-15-21(31)26-18-6-2-1-3-7-18/h10-13,18-20,23,27H,1-9,14-15H2,(H,26,31). The Bertz CT molecular complexity index is 905. The van der Waals surface area contributed by atoms with E-state index in [1.165, 1.54) is 43.2 Å². The lowest BCUT2D eigenvalue weighted by Gasteiger charge is -2.50. The van der Waals surface area contributed by atoms with E-state index >= 15 is 0 Å². The zero-order valence-electron chi connectivity index (χ0n) is 18.8. The molecule has 0 aromatic heterocycles. The summed E-state index contributed by atoms with van der Waals surface area (Å²) in [4.78, 5) is 30.0. The minimum absolute atomic E-state index is 0.0505. The highest BCUT2D eigenvalue weighted by atomic mass is 32.2. The molecule has 2 amide bonds. The van der Waals surface area contributed by atoms with Crippen molar-refractivity contribution in [2.24, 2.45) is 11.0 Å². The topological polar surface area (TPSA) is 77.0 Å². The monoisotopic (exact) mass is 473 g/mol. The third-order valence-corrected chi connectivity index (χ3v) is 8.28. The van der Waals surface area contributed by atoms with Crippen LogP contribution in [0.25, 0.3) is 0 Å². The van der Waals surface area contributed by atoms with Gasteiger partial charge in [-0.25, -0.2) is 4.39 Å². The second kappa shape index (κ2) is 9.91. The van der Waals surface area contributed by atoms with Crippen LogP contribution in [0.2, 0.25) is 0 Å². The number of halogens is 1. The molecule has 1 aromatic rings. The zero-order chi connectivity index (χ0) is 22.8. The Morgan fingerprint density at radius 3 is 2.61 bits per heavy atom. The minimum atomic E-state index is -0.370. The highest BCUT2D eigenvalue weighted by molar-refractivity contribution is 8.14. The molecule has 0 bridgehead atoms. The van der Waals surface area contributed by atoms with Crippen molar-refractivity contribution in [1.29, 1.82) is 0 Å². The van der Waals surface area contributed by atoms with Crippen LogP contribution in [0.4, 0.5) is 4.39 Å². The smallest absolute Gasteiger partial charge is 0.231 e. The first kappa shape index (κ1) is 22.5. The summed E-state index contributed by atoms with van der Waals surface area (Å²) in [5.74, 6) is 0.148. The van der Waals surface area contributed by atoms with Gasteiger partial charge in [-0.1, -0.05) is 56.0 Å². The Hall–Kier alpha value is -2.29. The second-order valence-electron chi connectivity index (χ2n) is 9.55. The van der Waals surface area contributed by atoms with Gasteiger partial charge >= 0.3 is 0 Å². The molecule has 3 unspecified atom stereocenters. The van der Waals surface area contributed by atoms with E-state index in [0.29, 0.717) is 18.3 Å². The highest BCUT2D eigenvalue weighted by Crippen LogP contribution is 2.39. The van der Waals surface area contributed by atoms with E-state index in [1.807, 2.05) is 4.90 Å². The van der Waals surface area contributed by atoms with Crippen LogP contribution in [-0.2, 0) is 16.1 Å². The number of benzene rings is 1. The molecular weight excluding hydrogens is 441 g/mol. The van der Waals surface area contributed by atoms with E-state index in [4.69, 9.17) is 0 Å². The molecule has 3 atom stereocenters. The van der Waals surface area contributed by atoms with Crippen LogP contribution in [0, 0.1) is 11.7 Å². The Morgan fingerprint density at radius 1 is 1.09 bits per heavy atom. The molecule has 3 fully saturated rings. The third kappa shape index (κ3) is 4.83. The Balaban J connectivity index is 1.28. The molecule has 0 radical (unpaired) electrons. The van der Waals surface area contributed by atoms with Gasteiger partial charge in [0, 0.05) is 18.6 Å². The first-order valence-electron chi connectivity index (χ1n) is 12.2. The molecule has 33 heavy (non-hydrogen) atoms. The largest absolute Gasteiger partial charge is 0.353 e. The van der Waals surface area contributed by atoms with Crippen molar-refractivity contribution >= 4 is 28.7 Å². The number of rotatable bonds is 5. The number of nitrogens with zero attached hydrogens (tertiary/aromatic N) is 3. The van der Waals surface area contributed by atoms with Crippen molar-refractivity contribution < 1.29 is 14.0 Å². The number of hydrogen-bond acceptors (Lipinski definition) is 6. The SMILES string of the molecule is O=C(CSC1=NNC2N(Cc3ccc(F)cc3)C(=O)C3CCCCC3N12)NC1CCCCC1.